The molecule has 1 aliphatic rings. The highest BCUT2D eigenvalue weighted by Crippen LogP contribution is 2.09. The summed E-state index contributed by atoms with van der Waals surface area (Å²) >= 11 is 7.10. The van der Waals surface area contributed by atoms with E-state index in [1.54, 1.807) is 16.2 Å². The van der Waals surface area contributed by atoms with E-state index in [-0.39, 0.29) is 6.09 Å². The molecule has 2 rings (SSSR count). The predicted molar refractivity (Wildman–Crippen MR) is 83.9 cm³/mol. The molecule has 0 saturated carbocycles. The number of ether oxygens (including phenoxy) is 1. The Balaban J connectivity index is 1.73. The van der Waals surface area contributed by atoms with Crippen molar-refractivity contribution in [1.82, 2.24) is 15.1 Å². The maximum atomic E-state index is 11.6. The first kappa shape index (κ1) is 15.1. The molecule has 0 radical (unpaired) electrons. The predicted octanol–water partition coefficient (Wildman–Crippen LogP) is 1.90. The molecule has 20 heavy (non-hydrogen) atoms. The molecule has 0 aliphatic carbocycles. The number of rotatable bonds is 3. The van der Waals surface area contributed by atoms with E-state index in [0.717, 1.165) is 24.7 Å². The van der Waals surface area contributed by atoms with Crippen molar-refractivity contribution in [2.24, 2.45) is 0 Å². The Hall–Kier alpha value is -1.34. The summed E-state index contributed by atoms with van der Waals surface area (Å²) in [5, 5.41) is 6.06. The average Bonchev–Trinajstić information content (AvgIpc) is 2.98. The highest BCUT2D eigenvalue weighted by molar-refractivity contribution is 7.80. The van der Waals surface area contributed by atoms with Gasteiger partial charge in [0.05, 0.1) is 13.2 Å². The number of thiophene rings is 1. The largest absolute Gasteiger partial charge is 0.450 e. The van der Waals surface area contributed by atoms with Gasteiger partial charge < -0.3 is 19.9 Å². The number of hydrogen-bond donors (Lipinski definition) is 1. The van der Waals surface area contributed by atoms with Gasteiger partial charge in [0.25, 0.3) is 0 Å². The lowest BCUT2D eigenvalue weighted by molar-refractivity contribution is 0.0918. The Morgan fingerprint density at radius 1 is 1.40 bits per heavy atom. The first-order valence-corrected chi connectivity index (χ1v) is 7.96. The van der Waals surface area contributed by atoms with E-state index in [2.05, 4.69) is 21.7 Å². The Bertz CT molecular complexity index is 442. The van der Waals surface area contributed by atoms with Crippen molar-refractivity contribution in [2.75, 3.05) is 32.8 Å². The van der Waals surface area contributed by atoms with Gasteiger partial charge in [-0.25, -0.2) is 4.79 Å². The molecule has 1 saturated heterocycles. The van der Waals surface area contributed by atoms with Crippen LogP contribution in [-0.4, -0.2) is 53.8 Å². The minimum atomic E-state index is -0.232. The molecule has 1 aromatic heterocycles. The topological polar surface area (TPSA) is 44.8 Å². The van der Waals surface area contributed by atoms with Crippen LogP contribution in [0, 0.1) is 0 Å². The molecule has 1 aromatic rings. The van der Waals surface area contributed by atoms with Crippen molar-refractivity contribution in [3.8, 4) is 0 Å². The number of hydrogen-bond acceptors (Lipinski definition) is 4. The van der Waals surface area contributed by atoms with Crippen LogP contribution in [0.2, 0.25) is 0 Å². The van der Waals surface area contributed by atoms with Crippen LogP contribution in [0.25, 0.3) is 0 Å². The molecule has 1 aliphatic heterocycles. The van der Waals surface area contributed by atoms with Gasteiger partial charge in [0, 0.05) is 31.1 Å². The summed E-state index contributed by atoms with van der Waals surface area (Å²) < 4.78 is 4.99. The molecule has 0 unspecified atom stereocenters. The van der Waals surface area contributed by atoms with Gasteiger partial charge >= 0.3 is 6.09 Å². The highest BCUT2D eigenvalue weighted by Gasteiger charge is 2.22. The molecule has 7 heteroatoms. The quantitative estimate of drug-likeness (QED) is 0.864. The normalized spacial score (nSPS) is 15.1. The lowest BCUT2D eigenvalue weighted by atomic mass is 10.3. The van der Waals surface area contributed by atoms with Crippen LogP contribution in [0.1, 0.15) is 11.8 Å². The smallest absolute Gasteiger partial charge is 0.409 e. The average molecular weight is 313 g/mol. The van der Waals surface area contributed by atoms with E-state index in [1.807, 2.05) is 13.0 Å². The maximum Gasteiger partial charge on any atom is 0.409 e. The van der Waals surface area contributed by atoms with Crippen LogP contribution in [0.3, 0.4) is 0 Å². The van der Waals surface area contributed by atoms with Crippen molar-refractivity contribution in [3.63, 3.8) is 0 Å². The number of amides is 1. The number of carbonyl (C=O) groups is 1. The second-order valence-electron chi connectivity index (χ2n) is 4.41. The fourth-order valence-electron chi connectivity index (χ4n) is 1.99. The standard InChI is InChI=1S/C13H19N3O2S2/c1-2-18-13(17)16-7-5-15(6-8-16)12(19)14-10-11-4-3-9-20-11/h3-4,9H,2,5-8,10H2,1H3,(H,14,19). The van der Waals surface area contributed by atoms with E-state index in [9.17, 15) is 4.79 Å². The third-order valence-electron chi connectivity index (χ3n) is 3.09. The minimum absolute atomic E-state index is 0.232. The Morgan fingerprint density at radius 3 is 2.70 bits per heavy atom. The van der Waals surface area contributed by atoms with Crippen molar-refractivity contribution in [2.45, 2.75) is 13.5 Å². The second-order valence-corrected chi connectivity index (χ2v) is 5.83. The van der Waals surface area contributed by atoms with Crippen molar-refractivity contribution in [3.05, 3.63) is 22.4 Å². The van der Waals surface area contributed by atoms with Crippen molar-refractivity contribution in [1.29, 1.82) is 0 Å². The monoisotopic (exact) mass is 313 g/mol. The summed E-state index contributed by atoms with van der Waals surface area (Å²) in [6.07, 6.45) is -0.232. The van der Waals surface area contributed by atoms with Gasteiger partial charge in [0.15, 0.2) is 5.11 Å². The van der Waals surface area contributed by atoms with Crippen LogP contribution in [0.4, 0.5) is 4.79 Å². The fraction of sp³-hybridized carbons (Fsp3) is 0.538. The van der Waals surface area contributed by atoms with E-state index in [0.29, 0.717) is 19.7 Å². The summed E-state index contributed by atoms with van der Waals surface area (Å²) in [6.45, 7) is 5.79. The third kappa shape index (κ3) is 4.08. The molecule has 0 atom stereocenters. The van der Waals surface area contributed by atoms with Gasteiger partial charge in [-0.05, 0) is 30.6 Å². The third-order valence-corrected chi connectivity index (χ3v) is 4.37. The molecular formula is C13H19N3O2S2. The minimum Gasteiger partial charge on any atom is -0.450 e. The lowest BCUT2D eigenvalue weighted by Gasteiger charge is -2.35. The Morgan fingerprint density at radius 2 is 2.10 bits per heavy atom. The van der Waals surface area contributed by atoms with Crippen LogP contribution >= 0.6 is 23.6 Å². The van der Waals surface area contributed by atoms with Gasteiger partial charge in [-0.15, -0.1) is 11.3 Å². The van der Waals surface area contributed by atoms with Crippen molar-refractivity contribution >= 4 is 34.8 Å². The van der Waals surface area contributed by atoms with E-state index >= 15 is 0 Å². The number of nitrogens with zero attached hydrogens (tertiary/aromatic N) is 2. The molecule has 0 aromatic carbocycles. The molecular weight excluding hydrogens is 294 g/mol. The van der Waals surface area contributed by atoms with E-state index < -0.39 is 0 Å². The van der Waals surface area contributed by atoms with Gasteiger partial charge in [0.1, 0.15) is 0 Å². The molecule has 5 nitrogen and oxygen atoms in total. The van der Waals surface area contributed by atoms with Gasteiger partial charge in [-0.1, -0.05) is 6.07 Å². The molecule has 110 valence electrons. The molecule has 1 N–H and O–H groups in total. The summed E-state index contributed by atoms with van der Waals surface area (Å²) in [5.41, 5.74) is 0. The van der Waals surface area contributed by atoms with Gasteiger partial charge in [-0.3, -0.25) is 0 Å². The summed E-state index contributed by atoms with van der Waals surface area (Å²) in [5.74, 6) is 0. The zero-order valence-corrected chi connectivity index (χ0v) is 13.1. The SMILES string of the molecule is CCOC(=O)N1CCN(C(=S)NCc2cccs2)CC1. The molecule has 0 bridgehead atoms. The highest BCUT2D eigenvalue weighted by atomic mass is 32.1. The zero-order chi connectivity index (χ0) is 14.4. The summed E-state index contributed by atoms with van der Waals surface area (Å²) in [6, 6.07) is 4.11. The van der Waals surface area contributed by atoms with E-state index in [4.69, 9.17) is 17.0 Å². The van der Waals surface area contributed by atoms with Crippen LogP contribution in [-0.2, 0) is 11.3 Å². The van der Waals surface area contributed by atoms with Gasteiger partial charge in [-0.2, -0.15) is 0 Å². The maximum absolute atomic E-state index is 11.6. The Labute approximate surface area is 128 Å². The van der Waals surface area contributed by atoms with Crippen molar-refractivity contribution < 1.29 is 9.53 Å². The fourth-order valence-corrected chi connectivity index (χ4v) is 2.89. The molecule has 0 spiro atoms. The number of carbonyl (C=O) groups excluding carboxylic acids is 1. The number of nitrogens with one attached hydrogen (secondary N) is 1. The molecule has 1 fully saturated rings. The second kappa shape index (κ2) is 7.44. The zero-order valence-electron chi connectivity index (χ0n) is 11.5. The molecule has 1 amide bonds. The number of thiocarbonyl (C=S) groups is 1. The lowest BCUT2D eigenvalue weighted by Crippen LogP contribution is -2.53. The first-order valence-electron chi connectivity index (χ1n) is 6.67. The summed E-state index contributed by atoms with van der Waals surface area (Å²) in [4.78, 5) is 16.7. The van der Waals surface area contributed by atoms with Crippen LogP contribution in [0.15, 0.2) is 17.5 Å². The van der Waals surface area contributed by atoms with Crippen LogP contribution in [0.5, 0.6) is 0 Å². The van der Waals surface area contributed by atoms with Gasteiger partial charge in [0.2, 0.25) is 0 Å². The first-order chi connectivity index (χ1) is 9.70. The Kier molecular flexibility index (Phi) is 5.60. The number of piperazine rings is 1. The molecule has 2 heterocycles. The van der Waals surface area contributed by atoms with E-state index in [1.165, 1.54) is 4.88 Å². The van der Waals surface area contributed by atoms with Crippen LogP contribution < -0.4 is 5.32 Å². The summed E-state index contributed by atoms with van der Waals surface area (Å²) in [7, 11) is 0.